The average molecular weight is 298 g/mol. The van der Waals surface area contributed by atoms with Gasteiger partial charge in [0.05, 0.1) is 5.41 Å². The second-order valence-corrected chi connectivity index (χ2v) is 6.66. The van der Waals surface area contributed by atoms with Crippen LogP contribution < -0.4 is 5.32 Å². The minimum absolute atomic E-state index is 0.129. The smallest absolute Gasteiger partial charge is 0.317 e. The maximum absolute atomic E-state index is 12.2. The number of likely N-dealkylation sites (tertiary alicyclic amines) is 1. The van der Waals surface area contributed by atoms with E-state index in [0.29, 0.717) is 19.5 Å². The second kappa shape index (κ2) is 6.22. The molecule has 2 saturated heterocycles. The summed E-state index contributed by atoms with van der Waals surface area (Å²) in [6, 6.07) is -0.140. The van der Waals surface area contributed by atoms with Crippen molar-refractivity contribution in [3.63, 3.8) is 0 Å². The van der Waals surface area contributed by atoms with Crippen LogP contribution in [0.15, 0.2) is 0 Å². The number of hydrogen-bond acceptors (Lipinski definition) is 3. The lowest BCUT2D eigenvalue weighted by Crippen LogP contribution is -2.46. The largest absolute Gasteiger partial charge is 0.481 e. The molecule has 6 nitrogen and oxygen atoms in total. The van der Waals surface area contributed by atoms with Gasteiger partial charge in [0.15, 0.2) is 0 Å². The summed E-state index contributed by atoms with van der Waals surface area (Å²) in [5.74, 6) is -0.827. The van der Waals surface area contributed by atoms with Crippen LogP contribution in [0, 0.1) is 10.8 Å². The van der Waals surface area contributed by atoms with Gasteiger partial charge in [-0.05, 0) is 38.0 Å². The SMILES string of the molecule is CCC1(CNC(=O)N2CCC(C)(C(=O)O)C2)CCOCC1. The van der Waals surface area contributed by atoms with Gasteiger partial charge in [-0.2, -0.15) is 0 Å². The molecule has 2 aliphatic rings. The van der Waals surface area contributed by atoms with Crippen molar-refractivity contribution >= 4 is 12.0 Å². The first kappa shape index (κ1) is 16.1. The minimum Gasteiger partial charge on any atom is -0.481 e. The van der Waals surface area contributed by atoms with Crippen molar-refractivity contribution in [1.29, 1.82) is 0 Å². The molecular weight excluding hydrogens is 272 g/mol. The number of amides is 2. The van der Waals surface area contributed by atoms with Crippen LogP contribution in [-0.4, -0.2) is 54.9 Å². The van der Waals surface area contributed by atoms with Gasteiger partial charge in [-0.15, -0.1) is 0 Å². The standard InChI is InChI=1S/C15H26N2O4/c1-3-15(5-8-21-9-6-15)10-16-13(20)17-7-4-14(2,11-17)12(18)19/h3-11H2,1-2H3,(H,16,20)(H,18,19). The summed E-state index contributed by atoms with van der Waals surface area (Å²) in [6.07, 6.45) is 3.47. The third-order valence-corrected chi connectivity index (χ3v) is 5.19. The minimum atomic E-state index is -0.827. The third-order valence-electron chi connectivity index (χ3n) is 5.19. The van der Waals surface area contributed by atoms with Crippen LogP contribution in [0.3, 0.4) is 0 Å². The van der Waals surface area contributed by atoms with E-state index in [1.165, 1.54) is 0 Å². The van der Waals surface area contributed by atoms with Crippen LogP contribution in [0.2, 0.25) is 0 Å². The molecule has 0 spiro atoms. The molecule has 1 unspecified atom stereocenters. The van der Waals surface area contributed by atoms with Gasteiger partial charge in [0.1, 0.15) is 0 Å². The molecular formula is C15H26N2O4. The van der Waals surface area contributed by atoms with E-state index in [4.69, 9.17) is 4.74 Å². The first-order valence-corrected chi connectivity index (χ1v) is 7.75. The molecule has 0 aromatic rings. The van der Waals surface area contributed by atoms with Crippen LogP contribution >= 0.6 is 0 Å². The second-order valence-electron chi connectivity index (χ2n) is 6.66. The topological polar surface area (TPSA) is 78.9 Å². The normalized spacial score (nSPS) is 28.4. The summed E-state index contributed by atoms with van der Waals surface area (Å²) in [4.78, 5) is 25.1. The van der Waals surface area contributed by atoms with Gasteiger partial charge in [-0.25, -0.2) is 4.79 Å². The summed E-state index contributed by atoms with van der Waals surface area (Å²) in [5, 5.41) is 12.2. The van der Waals surface area contributed by atoms with Gasteiger partial charge in [0, 0.05) is 32.8 Å². The van der Waals surface area contributed by atoms with Crippen molar-refractivity contribution in [2.45, 2.75) is 39.5 Å². The summed E-state index contributed by atoms with van der Waals surface area (Å²) in [6.45, 7) is 6.80. The Balaban J connectivity index is 1.86. The fourth-order valence-electron chi connectivity index (χ4n) is 3.14. The Morgan fingerprint density at radius 2 is 1.95 bits per heavy atom. The van der Waals surface area contributed by atoms with Crippen molar-refractivity contribution in [3.05, 3.63) is 0 Å². The van der Waals surface area contributed by atoms with E-state index < -0.39 is 11.4 Å². The molecule has 2 amide bonds. The Hall–Kier alpha value is -1.30. The average Bonchev–Trinajstić information content (AvgIpc) is 2.90. The lowest BCUT2D eigenvalue weighted by atomic mass is 9.78. The van der Waals surface area contributed by atoms with Crippen LogP contribution in [0.1, 0.15) is 39.5 Å². The molecule has 0 radical (unpaired) electrons. The quantitative estimate of drug-likeness (QED) is 0.828. The van der Waals surface area contributed by atoms with E-state index in [9.17, 15) is 14.7 Å². The number of nitrogens with zero attached hydrogens (tertiary/aromatic N) is 1. The summed E-state index contributed by atoms with van der Waals surface area (Å²) in [5.41, 5.74) is -0.678. The molecule has 0 aliphatic carbocycles. The maximum Gasteiger partial charge on any atom is 0.317 e. The first-order chi connectivity index (χ1) is 9.91. The number of aliphatic carboxylic acids is 1. The van der Waals surface area contributed by atoms with Crippen LogP contribution in [0.25, 0.3) is 0 Å². The molecule has 2 heterocycles. The number of carboxylic acid groups (broad SMARTS) is 1. The van der Waals surface area contributed by atoms with E-state index in [0.717, 1.165) is 32.5 Å². The Morgan fingerprint density at radius 3 is 2.48 bits per heavy atom. The molecule has 0 aromatic carbocycles. The van der Waals surface area contributed by atoms with Gasteiger partial charge in [-0.3, -0.25) is 4.79 Å². The number of carboxylic acids is 1. The molecule has 0 saturated carbocycles. The molecule has 21 heavy (non-hydrogen) atoms. The predicted molar refractivity (Wildman–Crippen MR) is 78.1 cm³/mol. The molecule has 0 aromatic heterocycles. The van der Waals surface area contributed by atoms with Gasteiger partial charge < -0.3 is 20.1 Å². The molecule has 1 atom stereocenters. The third kappa shape index (κ3) is 3.48. The van der Waals surface area contributed by atoms with Crippen molar-refractivity contribution in [2.75, 3.05) is 32.8 Å². The van der Waals surface area contributed by atoms with Crippen molar-refractivity contribution in [1.82, 2.24) is 10.2 Å². The zero-order valence-corrected chi connectivity index (χ0v) is 13.0. The summed E-state index contributed by atoms with van der Waals surface area (Å²) < 4.78 is 5.40. The van der Waals surface area contributed by atoms with Gasteiger partial charge >= 0.3 is 12.0 Å². The van der Waals surface area contributed by atoms with Crippen LogP contribution in [-0.2, 0) is 9.53 Å². The Labute approximate surface area is 125 Å². The highest BCUT2D eigenvalue weighted by Gasteiger charge is 2.42. The zero-order chi connectivity index (χ0) is 15.5. The summed E-state index contributed by atoms with van der Waals surface area (Å²) in [7, 11) is 0. The number of carbonyl (C=O) groups excluding carboxylic acids is 1. The van der Waals surface area contributed by atoms with E-state index in [1.807, 2.05) is 0 Å². The van der Waals surface area contributed by atoms with Crippen molar-refractivity contribution < 1.29 is 19.4 Å². The van der Waals surface area contributed by atoms with E-state index in [1.54, 1.807) is 11.8 Å². The van der Waals surface area contributed by atoms with E-state index in [-0.39, 0.29) is 18.0 Å². The van der Waals surface area contributed by atoms with Crippen LogP contribution in [0.5, 0.6) is 0 Å². The van der Waals surface area contributed by atoms with Crippen molar-refractivity contribution in [2.24, 2.45) is 10.8 Å². The molecule has 2 aliphatic heterocycles. The highest BCUT2D eigenvalue weighted by Crippen LogP contribution is 2.34. The molecule has 0 bridgehead atoms. The van der Waals surface area contributed by atoms with Gasteiger partial charge in [-0.1, -0.05) is 6.92 Å². The van der Waals surface area contributed by atoms with E-state index in [2.05, 4.69) is 12.2 Å². The number of hydrogen-bond donors (Lipinski definition) is 2. The highest BCUT2D eigenvalue weighted by molar-refractivity contribution is 5.79. The lowest BCUT2D eigenvalue weighted by Gasteiger charge is -2.37. The lowest BCUT2D eigenvalue weighted by molar-refractivity contribution is -0.147. The predicted octanol–water partition coefficient (Wildman–Crippen LogP) is 1.70. The molecule has 120 valence electrons. The maximum atomic E-state index is 12.2. The number of carbonyl (C=O) groups is 2. The Bertz CT molecular complexity index is 406. The number of ether oxygens (including phenoxy) is 1. The Morgan fingerprint density at radius 1 is 1.29 bits per heavy atom. The monoisotopic (exact) mass is 298 g/mol. The summed E-state index contributed by atoms with van der Waals surface area (Å²) >= 11 is 0. The first-order valence-electron chi connectivity index (χ1n) is 7.75. The fraction of sp³-hybridized carbons (Fsp3) is 0.867. The molecule has 6 heteroatoms. The number of urea groups is 1. The van der Waals surface area contributed by atoms with E-state index >= 15 is 0 Å². The molecule has 2 rings (SSSR count). The van der Waals surface area contributed by atoms with Gasteiger partial charge in [0.2, 0.25) is 0 Å². The molecule has 2 fully saturated rings. The zero-order valence-electron chi connectivity index (χ0n) is 13.0. The number of nitrogens with one attached hydrogen (secondary N) is 1. The molecule has 2 N–H and O–H groups in total. The van der Waals surface area contributed by atoms with Crippen LogP contribution in [0.4, 0.5) is 4.79 Å². The Kier molecular flexibility index (Phi) is 4.76. The van der Waals surface area contributed by atoms with Crippen molar-refractivity contribution in [3.8, 4) is 0 Å². The fourth-order valence-corrected chi connectivity index (χ4v) is 3.14. The van der Waals surface area contributed by atoms with Gasteiger partial charge in [0.25, 0.3) is 0 Å². The highest BCUT2D eigenvalue weighted by atomic mass is 16.5. The number of rotatable bonds is 4.